The first kappa shape index (κ1) is 26.5. The van der Waals surface area contributed by atoms with Crippen LogP contribution in [0.5, 0.6) is 0 Å². The van der Waals surface area contributed by atoms with Crippen LogP contribution in [0, 0.1) is 5.92 Å². The number of likely N-dealkylation sites (tertiary alicyclic amines) is 1. The highest BCUT2D eigenvalue weighted by molar-refractivity contribution is 5.80. The third kappa shape index (κ3) is 11.0. The lowest BCUT2D eigenvalue weighted by atomic mass is 10.1. The summed E-state index contributed by atoms with van der Waals surface area (Å²) in [5.41, 5.74) is -0.482. The topological polar surface area (TPSA) is 75.6 Å². The third-order valence-corrected chi connectivity index (χ3v) is 4.77. The molecule has 0 aliphatic carbocycles. The maximum Gasteiger partial charge on any atom is 0.410 e. The monoisotopic (exact) mass is 428 g/mol. The highest BCUT2D eigenvalue weighted by atomic mass is 16.6. The Kier molecular flexibility index (Phi) is 12.1. The van der Waals surface area contributed by atoms with Crippen molar-refractivity contribution in [2.24, 2.45) is 10.9 Å². The Morgan fingerprint density at radius 2 is 1.93 bits per heavy atom. The number of hydrogen-bond donors (Lipinski definition) is 1. The lowest BCUT2D eigenvalue weighted by Gasteiger charge is -2.34. The molecule has 1 amide bonds. The summed E-state index contributed by atoms with van der Waals surface area (Å²) in [6.45, 7) is 15.3. The normalized spacial score (nSPS) is 17.0. The van der Waals surface area contributed by atoms with Gasteiger partial charge in [-0.1, -0.05) is 6.92 Å². The maximum atomic E-state index is 12.2. The minimum atomic E-state index is -0.482. The molecule has 1 saturated heterocycles. The van der Waals surface area contributed by atoms with Crippen LogP contribution in [0.25, 0.3) is 0 Å². The van der Waals surface area contributed by atoms with Gasteiger partial charge in [0.15, 0.2) is 5.96 Å². The van der Waals surface area contributed by atoms with E-state index in [9.17, 15) is 4.79 Å². The van der Waals surface area contributed by atoms with Gasteiger partial charge >= 0.3 is 6.09 Å². The van der Waals surface area contributed by atoms with Crippen LogP contribution in [-0.4, -0.2) is 93.7 Å². The number of guanidine groups is 1. The zero-order valence-corrected chi connectivity index (χ0v) is 20.2. The van der Waals surface area contributed by atoms with Crippen LogP contribution < -0.4 is 5.32 Å². The van der Waals surface area contributed by atoms with E-state index in [1.54, 1.807) is 19.1 Å². The van der Waals surface area contributed by atoms with Crippen molar-refractivity contribution in [2.45, 2.75) is 65.6 Å². The Balaban J connectivity index is 2.47. The van der Waals surface area contributed by atoms with Gasteiger partial charge in [-0.15, -0.1) is 0 Å². The van der Waals surface area contributed by atoms with E-state index in [1.807, 2.05) is 20.8 Å². The van der Waals surface area contributed by atoms with Gasteiger partial charge in [0.1, 0.15) is 5.60 Å². The number of nitrogens with one attached hydrogen (secondary N) is 1. The van der Waals surface area contributed by atoms with E-state index < -0.39 is 5.60 Å². The number of carbonyl (C=O) groups excluding carboxylic acids is 1. The molecule has 30 heavy (non-hydrogen) atoms. The van der Waals surface area contributed by atoms with Gasteiger partial charge in [0.25, 0.3) is 0 Å². The van der Waals surface area contributed by atoms with Gasteiger partial charge in [-0.2, -0.15) is 0 Å². The van der Waals surface area contributed by atoms with Crippen LogP contribution in [0.2, 0.25) is 0 Å². The molecule has 0 aromatic carbocycles. The van der Waals surface area contributed by atoms with E-state index in [2.05, 4.69) is 24.1 Å². The maximum absolute atomic E-state index is 12.2. The van der Waals surface area contributed by atoms with Crippen LogP contribution in [0.1, 0.15) is 53.9 Å². The predicted molar refractivity (Wildman–Crippen MR) is 121 cm³/mol. The summed E-state index contributed by atoms with van der Waals surface area (Å²) < 4.78 is 16.4. The lowest BCUT2D eigenvalue weighted by molar-refractivity contribution is 0.00989. The first-order chi connectivity index (χ1) is 14.2. The first-order valence-electron chi connectivity index (χ1n) is 11.2. The number of piperidine rings is 1. The minimum absolute atomic E-state index is 0.234. The molecule has 1 aliphatic rings. The Hall–Kier alpha value is -1.54. The van der Waals surface area contributed by atoms with Crippen LogP contribution in [0.4, 0.5) is 4.79 Å². The van der Waals surface area contributed by atoms with Crippen molar-refractivity contribution in [1.82, 2.24) is 15.1 Å². The number of nitrogens with zero attached hydrogens (tertiary/aromatic N) is 3. The zero-order chi connectivity index (χ0) is 22.6. The molecule has 1 rings (SSSR count). The molecule has 8 nitrogen and oxygen atoms in total. The Morgan fingerprint density at radius 1 is 1.27 bits per heavy atom. The molecule has 1 unspecified atom stereocenters. The molecular formula is C22H44N4O4. The van der Waals surface area contributed by atoms with Crippen LogP contribution in [0.3, 0.4) is 0 Å². The molecule has 1 heterocycles. The van der Waals surface area contributed by atoms with Gasteiger partial charge in [0.05, 0.1) is 6.10 Å². The van der Waals surface area contributed by atoms with E-state index in [0.717, 1.165) is 58.1 Å². The van der Waals surface area contributed by atoms with Crippen molar-refractivity contribution in [3.63, 3.8) is 0 Å². The number of methoxy groups -OCH3 is 1. The highest BCUT2D eigenvalue weighted by Crippen LogP contribution is 2.15. The SMILES string of the molecule is CCNC(=NCC(C)CN(C)C(=O)OC(C)(C)C)N1CCC(OCCCOC)CC1. The molecule has 176 valence electrons. The molecular weight excluding hydrogens is 384 g/mol. The number of ether oxygens (including phenoxy) is 3. The van der Waals surface area contributed by atoms with E-state index in [1.165, 1.54) is 0 Å². The fourth-order valence-electron chi connectivity index (χ4n) is 3.30. The van der Waals surface area contributed by atoms with Gasteiger partial charge in [-0.05, 0) is 52.9 Å². The molecule has 0 aromatic rings. The van der Waals surface area contributed by atoms with E-state index in [4.69, 9.17) is 19.2 Å². The van der Waals surface area contributed by atoms with E-state index in [0.29, 0.717) is 19.2 Å². The van der Waals surface area contributed by atoms with Crippen molar-refractivity contribution in [3.8, 4) is 0 Å². The van der Waals surface area contributed by atoms with Crippen molar-refractivity contribution in [3.05, 3.63) is 0 Å². The fraction of sp³-hybridized carbons (Fsp3) is 0.909. The number of aliphatic imine (C=N–C) groups is 1. The molecule has 0 saturated carbocycles. The minimum Gasteiger partial charge on any atom is -0.444 e. The quantitative estimate of drug-likeness (QED) is 0.328. The summed E-state index contributed by atoms with van der Waals surface area (Å²) in [5, 5.41) is 3.40. The Bertz CT molecular complexity index is 514. The average molecular weight is 429 g/mol. The van der Waals surface area contributed by atoms with Gasteiger partial charge in [0.2, 0.25) is 0 Å². The molecule has 1 atom stereocenters. The van der Waals surface area contributed by atoms with Crippen molar-refractivity contribution >= 4 is 12.1 Å². The number of hydrogen-bond acceptors (Lipinski definition) is 5. The van der Waals surface area contributed by atoms with Gasteiger partial charge in [0, 0.05) is 60.1 Å². The second-order valence-electron chi connectivity index (χ2n) is 9.06. The summed E-state index contributed by atoms with van der Waals surface area (Å²) in [6, 6.07) is 0. The fourth-order valence-corrected chi connectivity index (χ4v) is 3.30. The smallest absolute Gasteiger partial charge is 0.410 e. The summed E-state index contributed by atoms with van der Waals surface area (Å²) in [4.78, 5) is 20.9. The molecule has 0 bridgehead atoms. The van der Waals surface area contributed by atoms with Gasteiger partial charge in [-0.25, -0.2) is 4.79 Å². The highest BCUT2D eigenvalue weighted by Gasteiger charge is 2.23. The standard InChI is InChI=1S/C22H44N4O4/c1-8-23-20(26-12-10-19(11-13-26)29-15-9-14-28-7)24-16-18(2)17-25(6)21(27)30-22(3,4)5/h18-19H,8-17H2,1-7H3,(H,23,24). The molecule has 0 aromatic heterocycles. The Morgan fingerprint density at radius 3 is 2.50 bits per heavy atom. The van der Waals surface area contributed by atoms with Crippen molar-refractivity contribution in [1.29, 1.82) is 0 Å². The summed E-state index contributed by atoms with van der Waals surface area (Å²) >= 11 is 0. The van der Waals surface area contributed by atoms with E-state index >= 15 is 0 Å². The van der Waals surface area contributed by atoms with Gasteiger partial charge in [-0.3, -0.25) is 4.99 Å². The van der Waals surface area contributed by atoms with Crippen molar-refractivity contribution in [2.75, 3.05) is 60.1 Å². The second kappa shape index (κ2) is 13.7. The number of rotatable bonds is 10. The predicted octanol–water partition coefficient (Wildman–Crippen LogP) is 2.97. The van der Waals surface area contributed by atoms with Crippen LogP contribution in [0.15, 0.2) is 4.99 Å². The second-order valence-corrected chi connectivity index (χ2v) is 9.06. The van der Waals surface area contributed by atoms with Crippen LogP contribution in [-0.2, 0) is 14.2 Å². The first-order valence-corrected chi connectivity index (χ1v) is 11.2. The van der Waals surface area contributed by atoms with E-state index in [-0.39, 0.29) is 12.0 Å². The zero-order valence-electron chi connectivity index (χ0n) is 20.2. The average Bonchev–Trinajstić information content (AvgIpc) is 2.67. The Labute approximate surface area is 183 Å². The summed E-state index contributed by atoms with van der Waals surface area (Å²) in [5.74, 6) is 1.18. The number of carbonyl (C=O) groups is 1. The number of amides is 1. The lowest BCUT2D eigenvalue weighted by Crippen LogP contribution is -2.47. The molecule has 0 radical (unpaired) electrons. The summed E-state index contributed by atoms with van der Waals surface area (Å²) in [6.07, 6.45) is 2.99. The summed E-state index contributed by atoms with van der Waals surface area (Å²) in [7, 11) is 3.49. The van der Waals surface area contributed by atoms with Gasteiger partial charge < -0.3 is 29.3 Å². The largest absolute Gasteiger partial charge is 0.444 e. The molecule has 1 fully saturated rings. The molecule has 1 N–H and O–H groups in total. The molecule has 0 spiro atoms. The third-order valence-electron chi connectivity index (χ3n) is 4.77. The van der Waals surface area contributed by atoms with Crippen molar-refractivity contribution < 1.29 is 19.0 Å². The molecule has 8 heteroatoms. The van der Waals surface area contributed by atoms with Crippen LogP contribution >= 0.6 is 0 Å². The molecule has 1 aliphatic heterocycles.